The van der Waals surface area contributed by atoms with E-state index in [0.717, 1.165) is 38.6 Å². The monoisotopic (exact) mass is 343 g/mol. The van der Waals surface area contributed by atoms with Crippen molar-refractivity contribution >= 4 is 33.7 Å². The molecule has 0 radical (unpaired) electrons. The van der Waals surface area contributed by atoms with Gasteiger partial charge in [0.05, 0.1) is 12.0 Å². The Balaban J connectivity index is 1.81. The summed E-state index contributed by atoms with van der Waals surface area (Å²) in [7, 11) is 0. The molecule has 26 heavy (non-hydrogen) atoms. The molecule has 0 saturated carbocycles. The van der Waals surface area contributed by atoms with Gasteiger partial charge in [-0.05, 0) is 41.5 Å². The Morgan fingerprint density at radius 3 is 2.81 bits per heavy atom. The number of carbonyl (C=O) groups is 1. The molecule has 0 aliphatic rings. The van der Waals surface area contributed by atoms with Crippen LogP contribution in [0.2, 0.25) is 0 Å². The van der Waals surface area contributed by atoms with Crippen LogP contribution in [0, 0.1) is 0 Å². The van der Waals surface area contributed by atoms with Crippen LogP contribution < -0.4 is 0 Å². The zero-order chi connectivity index (χ0) is 17.9. The minimum atomic E-state index is -0.354. The number of fused-ring (bicyclic) bond motifs is 2. The fourth-order valence-electron chi connectivity index (χ4n) is 3.04. The highest BCUT2D eigenvalue weighted by Crippen LogP contribution is 2.34. The van der Waals surface area contributed by atoms with E-state index in [0.29, 0.717) is 6.61 Å². The lowest BCUT2D eigenvalue weighted by Gasteiger charge is -2.04. The van der Waals surface area contributed by atoms with E-state index in [9.17, 15) is 4.79 Å². The number of carbonyl (C=O) groups excluding carboxylic acids is 1. The normalized spacial score (nSPS) is 11.4. The molecule has 0 unspecified atom stereocenters. The van der Waals surface area contributed by atoms with Gasteiger partial charge in [-0.3, -0.25) is 0 Å². The van der Waals surface area contributed by atoms with Crippen molar-refractivity contribution in [3.05, 3.63) is 72.3 Å². The zero-order valence-corrected chi connectivity index (χ0v) is 14.3. The summed E-state index contributed by atoms with van der Waals surface area (Å²) in [6.45, 7) is 2.14. The van der Waals surface area contributed by atoms with Crippen LogP contribution in [0.5, 0.6) is 0 Å². The van der Waals surface area contributed by atoms with Crippen molar-refractivity contribution in [2.24, 2.45) is 0 Å². The summed E-state index contributed by atoms with van der Waals surface area (Å²) in [5, 5.41) is 7.34. The highest BCUT2D eigenvalue weighted by atomic mass is 16.5. The number of ether oxygens (including phenoxy) is 1. The molecule has 0 saturated heterocycles. The molecule has 4 heteroatoms. The van der Waals surface area contributed by atoms with Gasteiger partial charge in [-0.1, -0.05) is 53.7 Å². The predicted octanol–water partition coefficient (Wildman–Crippen LogP) is 5.22. The van der Waals surface area contributed by atoms with E-state index in [1.165, 1.54) is 6.08 Å². The van der Waals surface area contributed by atoms with E-state index >= 15 is 0 Å². The molecule has 3 aromatic carbocycles. The Morgan fingerprint density at radius 1 is 1.08 bits per heavy atom. The zero-order valence-electron chi connectivity index (χ0n) is 14.3. The summed E-state index contributed by atoms with van der Waals surface area (Å²) in [5.41, 5.74) is 2.66. The third kappa shape index (κ3) is 2.97. The van der Waals surface area contributed by atoms with Crippen molar-refractivity contribution in [2.45, 2.75) is 6.92 Å². The van der Waals surface area contributed by atoms with Gasteiger partial charge < -0.3 is 9.26 Å². The quantitative estimate of drug-likeness (QED) is 0.376. The molecule has 1 aromatic heterocycles. The largest absolute Gasteiger partial charge is 0.463 e. The number of benzene rings is 3. The van der Waals surface area contributed by atoms with E-state index in [-0.39, 0.29) is 5.97 Å². The minimum absolute atomic E-state index is 0.354. The molecule has 0 atom stereocenters. The minimum Gasteiger partial charge on any atom is -0.463 e. The van der Waals surface area contributed by atoms with Crippen molar-refractivity contribution < 1.29 is 14.1 Å². The fourth-order valence-corrected chi connectivity index (χ4v) is 3.04. The molecule has 4 aromatic rings. The Hall–Kier alpha value is -3.40. The molecule has 0 aliphatic carbocycles. The maximum atomic E-state index is 11.5. The van der Waals surface area contributed by atoms with E-state index < -0.39 is 0 Å². The first kappa shape index (κ1) is 16.1. The van der Waals surface area contributed by atoms with Gasteiger partial charge in [-0.2, -0.15) is 0 Å². The first-order valence-electron chi connectivity index (χ1n) is 8.48. The van der Waals surface area contributed by atoms with Gasteiger partial charge in [0.1, 0.15) is 5.52 Å². The van der Waals surface area contributed by atoms with E-state index in [4.69, 9.17) is 9.26 Å². The molecule has 4 rings (SSSR count). The van der Waals surface area contributed by atoms with Gasteiger partial charge in [0.25, 0.3) is 0 Å². The maximum Gasteiger partial charge on any atom is 0.330 e. The lowest BCUT2D eigenvalue weighted by atomic mass is 10.00. The number of aromatic nitrogens is 1. The van der Waals surface area contributed by atoms with Crippen molar-refractivity contribution in [2.75, 3.05) is 6.61 Å². The van der Waals surface area contributed by atoms with Crippen LogP contribution >= 0.6 is 0 Å². The first-order chi connectivity index (χ1) is 12.8. The van der Waals surface area contributed by atoms with Crippen LogP contribution in [0.15, 0.2) is 71.3 Å². The second kappa shape index (κ2) is 6.84. The second-order valence-corrected chi connectivity index (χ2v) is 5.90. The summed E-state index contributed by atoms with van der Waals surface area (Å²) in [6.07, 6.45) is 3.16. The van der Waals surface area contributed by atoms with Gasteiger partial charge in [-0.15, -0.1) is 0 Å². The van der Waals surface area contributed by atoms with Crippen molar-refractivity contribution in [1.29, 1.82) is 0 Å². The van der Waals surface area contributed by atoms with Gasteiger partial charge in [0.15, 0.2) is 5.76 Å². The molecular formula is C22H17NO3. The Labute approximate surface area is 150 Å². The molecule has 128 valence electrons. The number of hydrogen-bond acceptors (Lipinski definition) is 4. The van der Waals surface area contributed by atoms with Gasteiger partial charge in [-0.25, -0.2) is 4.79 Å². The molecule has 0 amide bonds. The molecule has 0 fully saturated rings. The Morgan fingerprint density at radius 2 is 1.92 bits per heavy atom. The number of esters is 1. The summed E-state index contributed by atoms with van der Waals surface area (Å²) in [6, 6.07) is 20.0. The average Bonchev–Trinajstić information content (AvgIpc) is 3.09. The Bertz CT molecular complexity index is 1120. The lowest BCUT2D eigenvalue weighted by molar-refractivity contribution is -0.137. The molecule has 0 aliphatic heterocycles. The van der Waals surface area contributed by atoms with Crippen LogP contribution in [0.3, 0.4) is 0 Å². The molecule has 0 spiro atoms. The lowest BCUT2D eigenvalue weighted by Crippen LogP contribution is -1.98. The summed E-state index contributed by atoms with van der Waals surface area (Å²) >= 11 is 0. The second-order valence-electron chi connectivity index (χ2n) is 5.90. The van der Waals surface area contributed by atoms with Gasteiger partial charge in [0, 0.05) is 11.6 Å². The van der Waals surface area contributed by atoms with E-state index in [2.05, 4.69) is 23.4 Å². The topological polar surface area (TPSA) is 52.3 Å². The van der Waals surface area contributed by atoms with E-state index in [1.807, 2.05) is 42.5 Å². The molecule has 0 bridgehead atoms. The van der Waals surface area contributed by atoms with E-state index in [1.54, 1.807) is 13.0 Å². The number of nitrogens with zero attached hydrogens (tertiary/aromatic N) is 1. The van der Waals surface area contributed by atoms with Crippen LogP contribution in [0.4, 0.5) is 0 Å². The summed E-state index contributed by atoms with van der Waals surface area (Å²) in [5.74, 6) is 0.371. The molecule has 4 nitrogen and oxygen atoms in total. The number of rotatable bonds is 4. The van der Waals surface area contributed by atoms with Gasteiger partial charge in [0.2, 0.25) is 0 Å². The highest BCUT2D eigenvalue weighted by molar-refractivity contribution is 6.03. The van der Waals surface area contributed by atoms with Gasteiger partial charge >= 0.3 is 5.97 Å². The predicted molar refractivity (Wildman–Crippen MR) is 103 cm³/mol. The summed E-state index contributed by atoms with van der Waals surface area (Å²) < 4.78 is 10.6. The molecule has 1 heterocycles. The van der Waals surface area contributed by atoms with Crippen LogP contribution in [-0.2, 0) is 9.53 Å². The third-order valence-corrected chi connectivity index (χ3v) is 4.23. The first-order valence-corrected chi connectivity index (χ1v) is 8.48. The summed E-state index contributed by atoms with van der Waals surface area (Å²) in [4.78, 5) is 11.5. The standard InChI is InChI=1S/C22H17NO3/c1-2-25-21(24)13-11-15-10-12-20-19(14-15)22(26-23-20)18-9-5-7-16-6-3-4-8-17(16)18/h3-14H,2H2,1H3/b13-11+. The fraction of sp³-hybridized carbons (Fsp3) is 0.0909. The third-order valence-electron chi connectivity index (χ3n) is 4.23. The average molecular weight is 343 g/mol. The highest BCUT2D eigenvalue weighted by Gasteiger charge is 2.13. The van der Waals surface area contributed by atoms with Crippen LogP contribution in [-0.4, -0.2) is 17.7 Å². The van der Waals surface area contributed by atoms with Crippen LogP contribution in [0.25, 0.3) is 39.1 Å². The number of hydrogen-bond donors (Lipinski definition) is 0. The SMILES string of the molecule is CCOC(=O)/C=C/c1ccc2noc(-c3cccc4ccccc34)c2c1. The smallest absolute Gasteiger partial charge is 0.330 e. The molecular weight excluding hydrogens is 326 g/mol. The van der Waals surface area contributed by atoms with Crippen molar-refractivity contribution in [3.8, 4) is 11.3 Å². The Kier molecular flexibility index (Phi) is 4.23. The maximum absolute atomic E-state index is 11.5. The molecule has 0 N–H and O–H groups in total. The van der Waals surface area contributed by atoms with Crippen molar-refractivity contribution in [3.63, 3.8) is 0 Å². The van der Waals surface area contributed by atoms with Crippen molar-refractivity contribution in [1.82, 2.24) is 5.16 Å². The van der Waals surface area contributed by atoms with Crippen LogP contribution in [0.1, 0.15) is 12.5 Å².